The maximum absolute atomic E-state index is 12.9. The number of carbonyl (C=O) groups is 2. The van der Waals surface area contributed by atoms with Crippen LogP contribution >= 0.6 is 0 Å². The minimum atomic E-state index is 0.0727. The molecule has 1 fully saturated rings. The van der Waals surface area contributed by atoms with Crippen molar-refractivity contribution in [3.63, 3.8) is 0 Å². The van der Waals surface area contributed by atoms with Crippen LogP contribution in [0.25, 0.3) is 0 Å². The highest BCUT2D eigenvalue weighted by Gasteiger charge is 2.23. The Hall–Kier alpha value is -2.56. The molecule has 0 saturated carbocycles. The standard InChI is InChI=1S/C21H27N3O2/c1-16-5-6-17(2)19(13-16)21(26)24-9-4-8-23(11-12-24)20(25)14-18-7-10-22(3)15-18/h5-7,10,13,15H,4,8-9,11-12,14H2,1-3H3. The molecule has 5 nitrogen and oxygen atoms in total. The molecule has 1 aliphatic heterocycles. The van der Waals surface area contributed by atoms with Gasteiger partial charge in [0.25, 0.3) is 5.91 Å². The summed E-state index contributed by atoms with van der Waals surface area (Å²) in [5, 5.41) is 0. The Bertz CT molecular complexity index is 809. The Labute approximate surface area is 155 Å². The fourth-order valence-electron chi connectivity index (χ4n) is 3.46. The summed E-state index contributed by atoms with van der Waals surface area (Å²) in [5.41, 5.74) is 3.90. The first-order chi connectivity index (χ1) is 12.4. The minimum absolute atomic E-state index is 0.0727. The van der Waals surface area contributed by atoms with E-state index in [2.05, 4.69) is 0 Å². The molecule has 3 rings (SSSR count). The molecule has 1 aromatic heterocycles. The number of carbonyl (C=O) groups excluding carboxylic acids is 2. The van der Waals surface area contributed by atoms with Gasteiger partial charge in [-0.1, -0.05) is 17.7 Å². The summed E-state index contributed by atoms with van der Waals surface area (Å²) >= 11 is 0. The van der Waals surface area contributed by atoms with Crippen molar-refractivity contribution in [1.29, 1.82) is 0 Å². The molecule has 0 N–H and O–H groups in total. The highest BCUT2D eigenvalue weighted by Crippen LogP contribution is 2.15. The second-order valence-electron chi connectivity index (χ2n) is 7.21. The molecular formula is C21H27N3O2. The number of hydrogen-bond donors (Lipinski definition) is 0. The van der Waals surface area contributed by atoms with Gasteiger partial charge >= 0.3 is 0 Å². The van der Waals surface area contributed by atoms with E-state index >= 15 is 0 Å². The van der Waals surface area contributed by atoms with Gasteiger partial charge in [0.1, 0.15) is 0 Å². The van der Waals surface area contributed by atoms with Crippen molar-refractivity contribution in [3.05, 3.63) is 58.9 Å². The van der Waals surface area contributed by atoms with E-state index in [4.69, 9.17) is 0 Å². The van der Waals surface area contributed by atoms with E-state index in [-0.39, 0.29) is 11.8 Å². The SMILES string of the molecule is Cc1ccc(C)c(C(=O)N2CCCN(C(=O)Cc3ccn(C)c3)CC2)c1. The van der Waals surface area contributed by atoms with Gasteiger partial charge in [0.2, 0.25) is 5.91 Å². The lowest BCUT2D eigenvalue weighted by molar-refractivity contribution is -0.130. The van der Waals surface area contributed by atoms with Crippen molar-refractivity contribution in [2.75, 3.05) is 26.2 Å². The number of aryl methyl sites for hydroxylation is 3. The second-order valence-corrected chi connectivity index (χ2v) is 7.21. The second kappa shape index (κ2) is 7.77. The molecule has 0 bridgehead atoms. The topological polar surface area (TPSA) is 45.6 Å². The van der Waals surface area contributed by atoms with Gasteiger partial charge in [-0.2, -0.15) is 0 Å². The molecule has 2 aromatic rings. The van der Waals surface area contributed by atoms with Crippen molar-refractivity contribution in [2.45, 2.75) is 26.7 Å². The van der Waals surface area contributed by atoms with Gasteiger partial charge in [0.15, 0.2) is 0 Å². The summed E-state index contributed by atoms with van der Waals surface area (Å²) in [5.74, 6) is 0.209. The number of rotatable bonds is 3. The Kier molecular flexibility index (Phi) is 5.45. The largest absolute Gasteiger partial charge is 0.357 e. The normalized spacial score (nSPS) is 15.0. The van der Waals surface area contributed by atoms with E-state index < -0.39 is 0 Å². The van der Waals surface area contributed by atoms with Gasteiger partial charge in [0.05, 0.1) is 6.42 Å². The third-order valence-corrected chi connectivity index (χ3v) is 5.01. The summed E-state index contributed by atoms with van der Waals surface area (Å²) in [7, 11) is 1.96. The van der Waals surface area contributed by atoms with E-state index in [1.165, 1.54) is 0 Å². The molecule has 26 heavy (non-hydrogen) atoms. The Balaban J connectivity index is 1.63. The molecule has 0 radical (unpaired) electrons. The van der Waals surface area contributed by atoms with Crippen LogP contribution in [0.3, 0.4) is 0 Å². The van der Waals surface area contributed by atoms with Gasteiger partial charge in [0, 0.05) is 51.2 Å². The fraction of sp³-hybridized carbons (Fsp3) is 0.429. The molecule has 1 aromatic carbocycles. The zero-order valence-corrected chi connectivity index (χ0v) is 15.9. The van der Waals surface area contributed by atoms with Crippen molar-refractivity contribution >= 4 is 11.8 Å². The Morgan fingerprint density at radius 2 is 1.73 bits per heavy atom. The summed E-state index contributed by atoms with van der Waals surface area (Å²) in [4.78, 5) is 29.3. The quantitative estimate of drug-likeness (QED) is 0.851. The first-order valence-corrected chi connectivity index (χ1v) is 9.19. The molecule has 0 aliphatic carbocycles. The van der Waals surface area contributed by atoms with Gasteiger partial charge in [-0.05, 0) is 43.5 Å². The summed E-state index contributed by atoms with van der Waals surface area (Å²) in [6.07, 6.45) is 5.17. The van der Waals surface area contributed by atoms with E-state index in [1.807, 2.05) is 71.9 Å². The predicted molar refractivity (Wildman–Crippen MR) is 102 cm³/mol. The molecule has 5 heteroatoms. The van der Waals surface area contributed by atoms with Gasteiger partial charge in [-0.25, -0.2) is 0 Å². The van der Waals surface area contributed by atoms with Crippen molar-refractivity contribution in [1.82, 2.24) is 14.4 Å². The van der Waals surface area contributed by atoms with E-state index in [1.54, 1.807) is 0 Å². The van der Waals surface area contributed by atoms with E-state index in [0.717, 1.165) is 28.7 Å². The molecule has 1 aliphatic rings. The highest BCUT2D eigenvalue weighted by atomic mass is 16.2. The van der Waals surface area contributed by atoms with Crippen LogP contribution in [0, 0.1) is 13.8 Å². The molecule has 2 heterocycles. The first kappa shape index (κ1) is 18.2. The smallest absolute Gasteiger partial charge is 0.254 e. The Morgan fingerprint density at radius 3 is 2.46 bits per heavy atom. The third kappa shape index (κ3) is 4.15. The van der Waals surface area contributed by atoms with Crippen LogP contribution in [-0.4, -0.2) is 52.4 Å². The molecule has 2 amide bonds. The van der Waals surface area contributed by atoms with E-state index in [9.17, 15) is 9.59 Å². The van der Waals surface area contributed by atoms with Crippen LogP contribution in [0.4, 0.5) is 0 Å². The van der Waals surface area contributed by atoms with Crippen LogP contribution in [0.2, 0.25) is 0 Å². The first-order valence-electron chi connectivity index (χ1n) is 9.19. The van der Waals surface area contributed by atoms with Crippen molar-refractivity contribution < 1.29 is 9.59 Å². The minimum Gasteiger partial charge on any atom is -0.357 e. The number of hydrogen-bond acceptors (Lipinski definition) is 2. The van der Waals surface area contributed by atoms with Crippen molar-refractivity contribution in [2.24, 2.45) is 7.05 Å². The predicted octanol–water partition coefficient (Wildman–Crippen LogP) is 2.56. The summed E-state index contributed by atoms with van der Waals surface area (Å²) in [6, 6.07) is 7.96. The van der Waals surface area contributed by atoms with Gasteiger partial charge in [-0.3, -0.25) is 9.59 Å². The number of aromatic nitrogens is 1. The van der Waals surface area contributed by atoms with Crippen LogP contribution in [0.5, 0.6) is 0 Å². The average Bonchev–Trinajstić information content (AvgIpc) is 2.87. The van der Waals surface area contributed by atoms with Crippen molar-refractivity contribution in [3.8, 4) is 0 Å². The molecule has 1 saturated heterocycles. The number of amides is 2. The van der Waals surface area contributed by atoms with Crippen LogP contribution < -0.4 is 0 Å². The lowest BCUT2D eigenvalue weighted by Gasteiger charge is -2.23. The molecule has 0 spiro atoms. The van der Waals surface area contributed by atoms with Crippen LogP contribution in [0.1, 0.15) is 33.5 Å². The number of nitrogens with zero attached hydrogens (tertiary/aromatic N) is 3. The zero-order chi connectivity index (χ0) is 18.7. The fourth-order valence-corrected chi connectivity index (χ4v) is 3.46. The summed E-state index contributed by atoms with van der Waals surface area (Å²) < 4.78 is 1.95. The molecule has 138 valence electrons. The lowest BCUT2D eigenvalue weighted by Crippen LogP contribution is -2.38. The Morgan fingerprint density at radius 1 is 1.00 bits per heavy atom. The number of benzene rings is 1. The van der Waals surface area contributed by atoms with Gasteiger partial charge < -0.3 is 14.4 Å². The monoisotopic (exact) mass is 353 g/mol. The van der Waals surface area contributed by atoms with Gasteiger partial charge in [-0.15, -0.1) is 0 Å². The zero-order valence-electron chi connectivity index (χ0n) is 15.9. The maximum Gasteiger partial charge on any atom is 0.254 e. The summed E-state index contributed by atoms with van der Waals surface area (Å²) in [6.45, 7) is 6.57. The highest BCUT2D eigenvalue weighted by molar-refractivity contribution is 5.96. The molecular weight excluding hydrogens is 326 g/mol. The lowest BCUT2D eigenvalue weighted by atomic mass is 10.0. The molecule has 0 atom stereocenters. The maximum atomic E-state index is 12.9. The van der Waals surface area contributed by atoms with E-state index in [0.29, 0.717) is 32.6 Å². The third-order valence-electron chi connectivity index (χ3n) is 5.01. The molecule has 0 unspecified atom stereocenters. The average molecular weight is 353 g/mol. The van der Waals surface area contributed by atoms with Crippen LogP contribution in [0.15, 0.2) is 36.7 Å². The van der Waals surface area contributed by atoms with Crippen LogP contribution in [-0.2, 0) is 18.3 Å².